The number of carbonyl (C=O) groups excluding carboxylic acids is 1. The molecule has 0 bridgehead atoms. The monoisotopic (exact) mass is 645 g/mol. The Bertz CT molecular complexity index is 1890. The maximum absolute atomic E-state index is 12.8. The standard InChI is InChI=1S/C39H43N5O4/c1-38(2,3)48-37(45)43-21-11-20-39(25-43)26-44(27-39)30-16-17-31-33(22-30)42(4)41-35(31)32-18-19-34(46-23-28-12-7-5-8-13-28)40-36(32)47-24-29-14-9-6-10-15-29/h5-10,12-19,22H,11,20-21,23-27H2,1-4H3. The van der Waals surface area contributed by atoms with Crippen LogP contribution in [-0.2, 0) is 25.0 Å². The number of anilines is 1. The molecule has 0 atom stereocenters. The van der Waals surface area contributed by atoms with E-state index in [4.69, 9.17) is 24.3 Å². The Balaban J connectivity index is 1.11. The predicted octanol–water partition coefficient (Wildman–Crippen LogP) is 7.63. The molecule has 248 valence electrons. The van der Waals surface area contributed by atoms with Crippen molar-refractivity contribution in [3.05, 3.63) is 102 Å². The molecular formula is C39H43N5O4. The Morgan fingerprint density at radius 1 is 0.854 bits per heavy atom. The number of aromatic nitrogens is 3. The normalized spacial score (nSPS) is 15.8. The van der Waals surface area contributed by atoms with Crippen molar-refractivity contribution in [3.8, 4) is 23.0 Å². The largest absolute Gasteiger partial charge is 0.473 e. The Kier molecular flexibility index (Phi) is 8.45. The van der Waals surface area contributed by atoms with E-state index in [0.717, 1.165) is 78.0 Å². The van der Waals surface area contributed by atoms with Crippen LogP contribution in [0.1, 0.15) is 44.7 Å². The van der Waals surface area contributed by atoms with E-state index in [1.54, 1.807) is 0 Å². The summed E-state index contributed by atoms with van der Waals surface area (Å²) < 4.78 is 20.0. The Morgan fingerprint density at radius 2 is 1.54 bits per heavy atom. The molecule has 9 nitrogen and oxygen atoms in total. The summed E-state index contributed by atoms with van der Waals surface area (Å²) in [6.07, 6.45) is 1.90. The Hall–Kier alpha value is -5.05. The third-order valence-electron chi connectivity index (χ3n) is 9.10. The first-order valence-electron chi connectivity index (χ1n) is 16.7. The van der Waals surface area contributed by atoms with Crippen LogP contribution in [0.3, 0.4) is 0 Å². The summed E-state index contributed by atoms with van der Waals surface area (Å²) in [5.41, 5.74) is 5.53. The van der Waals surface area contributed by atoms with Gasteiger partial charge in [-0.15, -0.1) is 0 Å². The van der Waals surface area contributed by atoms with Gasteiger partial charge >= 0.3 is 6.09 Å². The second kappa shape index (κ2) is 12.9. The molecule has 1 amide bonds. The van der Waals surface area contributed by atoms with E-state index in [0.29, 0.717) is 25.0 Å². The molecule has 2 aromatic heterocycles. The highest BCUT2D eigenvalue weighted by Gasteiger charge is 2.47. The predicted molar refractivity (Wildman–Crippen MR) is 187 cm³/mol. The number of fused-ring (bicyclic) bond motifs is 1. The second-order valence-electron chi connectivity index (χ2n) is 14.1. The highest BCUT2D eigenvalue weighted by atomic mass is 16.6. The number of carbonyl (C=O) groups is 1. The molecule has 7 rings (SSSR count). The van der Waals surface area contributed by atoms with Crippen molar-refractivity contribution in [2.24, 2.45) is 12.5 Å². The number of amides is 1. The average molecular weight is 646 g/mol. The number of benzene rings is 3. The number of piperidine rings is 1. The average Bonchev–Trinajstić information content (AvgIpc) is 3.40. The number of hydrogen-bond donors (Lipinski definition) is 0. The number of aryl methyl sites for hydroxylation is 1. The van der Waals surface area contributed by atoms with E-state index >= 15 is 0 Å². The molecule has 2 saturated heterocycles. The van der Waals surface area contributed by atoms with Gasteiger partial charge in [-0.3, -0.25) is 4.68 Å². The summed E-state index contributed by atoms with van der Waals surface area (Å²) in [6.45, 7) is 9.86. The molecule has 0 aliphatic carbocycles. The molecule has 9 heteroatoms. The molecule has 0 unspecified atom stereocenters. The van der Waals surface area contributed by atoms with Crippen LogP contribution < -0.4 is 14.4 Å². The van der Waals surface area contributed by atoms with Crippen molar-refractivity contribution in [3.63, 3.8) is 0 Å². The minimum atomic E-state index is -0.492. The van der Waals surface area contributed by atoms with Crippen LogP contribution in [0.4, 0.5) is 10.5 Å². The smallest absolute Gasteiger partial charge is 0.410 e. The van der Waals surface area contributed by atoms with Crippen LogP contribution in [-0.4, -0.2) is 57.5 Å². The van der Waals surface area contributed by atoms with Crippen molar-refractivity contribution in [2.45, 2.75) is 52.4 Å². The highest BCUT2D eigenvalue weighted by molar-refractivity contribution is 5.96. The van der Waals surface area contributed by atoms with E-state index < -0.39 is 5.60 Å². The number of rotatable bonds is 8. The molecule has 0 radical (unpaired) electrons. The lowest BCUT2D eigenvalue weighted by atomic mass is 9.73. The Morgan fingerprint density at radius 3 is 2.23 bits per heavy atom. The zero-order chi connectivity index (χ0) is 33.3. The van der Waals surface area contributed by atoms with E-state index in [9.17, 15) is 4.79 Å². The molecule has 0 N–H and O–H groups in total. The maximum Gasteiger partial charge on any atom is 0.410 e. The molecule has 4 heterocycles. The lowest BCUT2D eigenvalue weighted by Crippen LogP contribution is -2.64. The second-order valence-corrected chi connectivity index (χ2v) is 14.1. The van der Waals surface area contributed by atoms with Gasteiger partial charge in [0.05, 0.1) is 11.1 Å². The van der Waals surface area contributed by atoms with Crippen molar-refractivity contribution in [1.82, 2.24) is 19.7 Å². The van der Waals surface area contributed by atoms with Crippen LogP contribution in [0.15, 0.2) is 91.0 Å². The quantitative estimate of drug-likeness (QED) is 0.172. The van der Waals surface area contributed by atoms with Crippen LogP contribution in [0.2, 0.25) is 0 Å². The lowest BCUT2D eigenvalue weighted by molar-refractivity contribution is -0.00145. The zero-order valence-corrected chi connectivity index (χ0v) is 28.2. The number of ether oxygens (including phenoxy) is 3. The fraction of sp³-hybridized carbons (Fsp3) is 0.359. The molecule has 3 aromatic carbocycles. The van der Waals surface area contributed by atoms with Gasteiger partial charge < -0.3 is 24.0 Å². The highest BCUT2D eigenvalue weighted by Crippen LogP contribution is 2.43. The van der Waals surface area contributed by atoms with Crippen molar-refractivity contribution >= 4 is 22.7 Å². The first-order chi connectivity index (χ1) is 23.1. The zero-order valence-electron chi connectivity index (χ0n) is 28.2. The molecule has 48 heavy (non-hydrogen) atoms. The fourth-order valence-corrected chi connectivity index (χ4v) is 6.79. The van der Waals surface area contributed by atoms with Gasteiger partial charge in [0.1, 0.15) is 24.5 Å². The van der Waals surface area contributed by atoms with E-state index in [2.05, 4.69) is 23.1 Å². The third kappa shape index (κ3) is 6.81. The van der Waals surface area contributed by atoms with Gasteiger partial charge in [-0.25, -0.2) is 4.79 Å². The van der Waals surface area contributed by atoms with Gasteiger partial charge in [-0.2, -0.15) is 10.1 Å². The van der Waals surface area contributed by atoms with Crippen LogP contribution in [0.25, 0.3) is 22.2 Å². The molecule has 2 aliphatic rings. The van der Waals surface area contributed by atoms with Crippen molar-refractivity contribution < 1.29 is 19.0 Å². The van der Waals surface area contributed by atoms with Crippen LogP contribution >= 0.6 is 0 Å². The summed E-state index contributed by atoms with van der Waals surface area (Å²) in [6, 6.07) is 30.5. The molecule has 2 aliphatic heterocycles. The van der Waals surface area contributed by atoms with E-state index in [1.165, 1.54) is 0 Å². The van der Waals surface area contributed by atoms with Gasteiger partial charge in [-0.05, 0) is 69.0 Å². The fourth-order valence-electron chi connectivity index (χ4n) is 6.79. The first kappa shape index (κ1) is 31.5. The third-order valence-corrected chi connectivity index (χ3v) is 9.10. The van der Waals surface area contributed by atoms with Gasteiger partial charge in [0.2, 0.25) is 11.8 Å². The van der Waals surface area contributed by atoms with Gasteiger partial charge in [0, 0.05) is 55.8 Å². The Labute approximate surface area is 282 Å². The summed E-state index contributed by atoms with van der Waals surface area (Å²) in [7, 11) is 1.97. The van der Waals surface area contributed by atoms with Crippen LogP contribution in [0, 0.1) is 5.41 Å². The molecule has 2 fully saturated rings. The van der Waals surface area contributed by atoms with Crippen LogP contribution in [0.5, 0.6) is 11.8 Å². The van der Waals surface area contributed by atoms with Crippen molar-refractivity contribution in [1.29, 1.82) is 0 Å². The van der Waals surface area contributed by atoms with Gasteiger partial charge in [-0.1, -0.05) is 60.7 Å². The maximum atomic E-state index is 12.8. The minimum Gasteiger partial charge on any atom is -0.473 e. The molecular weight excluding hydrogens is 602 g/mol. The minimum absolute atomic E-state index is 0.0999. The molecule has 1 spiro atoms. The molecule has 5 aromatic rings. The first-order valence-corrected chi connectivity index (χ1v) is 16.7. The molecule has 0 saturated carbocycles. The van der Waals surface area contributed by atoms with E-state index in [1.807, 2.05) is 110 Å². The SMILES string of the molecule is Cn1nc(-c2ccc(OCc3ccccc3)nc2OCc2ccccc2)c2ccc(N3CC4(CCCN(C(=O)OC(C)(C)C)C4)C3)cc21. The topological polar surface area (TPSA) is 82.0 Å². The van der Waals surface area contributed by atoms with Crippen molar-refractivity contribution in [2.75, 3.05) is 31.1 Å². The summed E-state index contributed by atoms with van der Waals surface area (Å²) in [4.78, 5) is 21.9. The number of pyridine rings is 1. The van der Waals surface area contributed by atoms with Gasteiger partial charge in [0.15, 0.2) is 0 Å². The van der Waals surface area contributed by atoms with Gasteiger partial charge in [0.25, 0.3) is 0 Å². The summed E-state index contributed by atoms with van der Waals surface area (Å²) in [5.74, 6) is 0.970. The summed E-state index contributed by atoms with van der Waals surface area (Å²) in [5, 5.41) is 5.99. The lowest BCUT2D eigenvalue weighted by Gasteiger charge is -2.55. The van der Waals surface area contributed by atoms with E-state index in [-0.39, 0.29) is 11.5 Å². The number of nitrogens with zero attached hydrogens (tertiary/aromatic N) is 5. The number of likely N-dealkylation sites (tertiary alicyclic amines) is 1. The number of hydrogen-bond acceptors (Lipinski definition) is 7. The summed E-state index contributed by atoms with van der Waals surface area (Å²) >= 11 is 0.